The summed E-state index contributed by atoms with van der Waals surface area (Å²) in [7, 11) is 2.95. The molecule has 2 aromatic carbocycles. The average Bonchev–Trinajstić information content (AvgIpc) is 3.22. The molecule has 0 fully saturated rings. The summed E-state index contributed by atoms with van der Waals surface area (Å²) in [5.41, 5.74) is 1.78. The predicted molar refractivity (Wildman–Crippen MR) is 111 cm³/mol. The Labute approximate surface area is 179 Å². The van der Waals surface area contributed by atoms with E-state index in [1.807, 2.05) is 0 Å². The number of benzene rings is 2. The van der Waals surface area contributed by atoms with Crippen LogP contribution in [0.2, 0.25) is 0 Å². The van der Waals surface area contributed by atoms with Gasteiger partial charge >= 0.3 is 5.97 Å². The highest BCUT2D eigenvalue weighted by Gasteiger charge is 2.18. The summed E-state index contributed by atoms with van der Waals surface area (Å²) >= 11 is 0. The number of esters is 1. The van der Waals surface area contributed by atoms with Gasteiger partial charge in [-0.2, -0.15) is 5.26 Å². The minimum Gasteiger partial charge on any atom is -0.497 e. The van der Waals surface area contributed by atoms with Crippen LogP contribution in [-0.4, -0.2) is 38.2 Å². The van der Waals surface area contributed by atoms with E-state index in [4.69, 9.17) is 18.9 Å². The number of hydrogen-bond donors (Lipinski definition) is 0. The Morgan fingerprint density at radius 2 is 1.94 bits per heavy atom. The van der Waals surface area contributed by atoms with Crippen molar-refractivity contribution in [2.75, 3.05) is 27.6 Å². The smallest absolute Gasteiger partial charge is 0.341 e. The van der Waals surface area contributed by atoms with Crippen molar-refractivity contribution < 1.29 is 28.1 Å². The van der Waals surface area contributed by atoms with Gasteiger partial charge in [0.2, 0.25) is 0 Å². The topological polar surface area (TPSA) is 82.7 Å². The number of rotatable bonds is 8. The molecule has 0 aliphatic rings. The highest BCUT2D eigenvalue weighted by Crippen LogP contribution is 2.32. The first-order chi connectivity index (χ1) is 15.0. The maximum Gasteiger partial charge on any atom is 0.341 e. The molecule has 160 valence electrons. The van der Waals surface area contributed by atoms with Gasteiger partial charge in [0.25, 0.3) is 0 Å². The van der Waals surface area contributed by atoms with Gasteiger partial charge in [-0.25, -0.2) is 9.18 Å². The molecule has 1 heterocycles. The van der Waals surface area contributed by atoms with Gasteiger partial charge in [0.1, 0.15) is 28.9 Å². The van der Waals surface area contributed by atoms with Crippen molar-refractivity contribution in [3.05, 3.63) is 65.7 Å². The van der Waals surface area contributed by atoms with Crippen LogP contribution in [0.1, 0.15) is 22.8 Å². The fourth-order valence-electron chi connectivity index (χ4n) is 3.04. The Bertz CT molecular complexity index is 1130. The zero-order chi connectivity index (χ0) is 22.4. The molecule has 0 saturated carbocycles. The number of ether oxygens (including phenoxy) is 4. The van der Waals surface area contributed by atoms with Crippen LogP contribution >= 0.6 is 0 Å². The van der Waals surface area contributed by atoms with Gasteiger partial charge in [0.15, 0.2) is 6.79 Å². The Morgan fingerprint density at radius 3 is 2.61 bits per heavy atom. The molecule has 0 aliphatic carbocycles. The molecule has 0 bridgehead atoms. The van der Waals surface area contributed by atoms with Gasteiger partial charge in [-0.05, 0) is 37.3 Å². The van der Waals surface area contributed by atoms with Crippen LogP contribution in [0.4, 0.5) is 4.39 Å². The molecule has 8 heteroatoms. The number of halogens is 1. The lowest BCUT2D eigenvalue weighted by Gasteiger charge is -2.12. The fourth-order valence-corrected chi connectivity index (χ4v) is 3.04. The van der Waals surface area contributed by atoms with E-state index in [0.717, 1.165) is 0 Å². The highest BCUT2D eigenvalue weighted by molar-refractivity contribution is 5.93. The van der Waals surface area contributed by atoms with Crippen molar-refractivity contribution in [3.8, 4) is 34.4 Å². The number of carbonyl (C=O) groups is 1. The molecule has 0 aliphatic heterocycles. The van der Waals surface area contributed by atoms with E-state index in [1.165, 1.54) is 32.4 Å². The third-order valence-corrected chi connectivity index (χ3v) is 4.50. The zero-order valence-corrected chi connectivity index (χ0v) is 17.3. The third-order valence-electron chi connectivity index (χ3n) is 4.50. The lowest BCUT2D eigenvalue weighted by atomic mass is 10.0. The molecule has 7 nitrogen and oxygen atoms in total. The summed E-state index contributed by atoms with van der Waals surface area (Å²) in [4.78, 5) is 12.2. The largest absolute Gasteiger partial charge is 0.497 e. The minimum atomic E-state index is -0.524. The number of nitriles is 1. The molecule has 0 unspecified atom stereocenters. The molecule has 0 saturated heterocycles. The molecule has 3 rings (SSSR count). The molecule has 0 N–H and O–H groups in total. The Hall–Kier alpha value is -3.83. The molecule has 0 spiro atoms. The lowest BCUT2D eigenvalue weighted by Crippen LogP contribution is -2.10. The van der Waals surface area contributed by atoms with Crippen LogP contribution in [0.3, 0.4) is 0 Å². The standard InChI is InChI=1S/C23H21FN2O5/c1-4-30-23(27)18-7-5-16(9-22(18)31-14-28-2)26-12-15(11-25)20(13-26)19-10-17(29-3)6-8-21(19)24/h5-10,12-13H,4,14H2,1-3H3. The predicted octanol–water partition coefficient (Wildman–Crippen LogP) is 4.32. The monoisotopic (exact) mass is 424 g/mol. The van der Waals surface area contributed by atoms with Gasteiger partial charge in [-0.1, -0.05) is 0 Å². The van der Waals surface area contributed by atoms with Crippen LogP contribution in [0.5, 0.6) is 11.5 Å². The van der Waals surface area contributed by atoms with Gasteiger partial charge in [-0.15, -0.1) is 0 Å². The van der Waals surface area contributed by atoms with Crippen LogP contribution in [0.25, 0.3) is 16.8 Å². The lowest BCUT2D eigenvalue weighted by molar-refractivity contribution is 0.0438. The number of methoxy groups -OCH3 is 2. The summed E-state index contributed by atoms with van der Waals surface area (Å²) in [6.45, 7) is 1.87. The van der Waals surface area contributed by atoms with E-state index >= 15 is 0 Å². The summed E-state index contributed by atoms with van der Waals surface area (Å²) < 4.78 is 36.9. The summed E-state index contributed by atoms with van der Waals surface area (Å²) in [6.07, 6.45) is 3.21. The van der Waals surface area contributed by atoms with E-state index in [-0.39, 0.29) is 35.8 Å². The number of nitrogens with zero attached hydrogens (tertiary/aromatic N) is 2. The van der Waals surface area contributed by atoms with Crippen LogP contribution in [0, 0.1) is 17.1 Å². The highest BCUT2D eigenvalue weighted by atomic mass is 19.1. The normalized spacial score (nSPS) is 10.4. The minimum absolute atomic E-state index is 0.0642. The maximum absolute atomic E-state index is 14.5. The van der Waals surface area contributed by atoms with Crippen LogP contribution < -0.4 is 9.47 Å². The van der Waals surface area contributed by atoms with E-state index in [2.05, 4.69) is 6.07 Å². The Kier molecular flexibility index (Phi) is 6.90. The summed E-state index contributed by atoms with van der Waals surface area (Å²) in [6, 6.07) is 11.3. The molecular weight excluding hydrogens is 403 g/mol. The second-order valence-electron chi connectivity index (χ2n) is 6.40. The third kappa shape index (κ3) is 4.68. The molecule has 31 heavy (non-hydrogen) atoms. The van der Waals surface area contributed by atoms with Gasteiger partial charge in [0.05, 0.1) is 19.3 Å². The van der Waals surface area contributed by atoms with E-state index < -0.39 is 11.8 Å². The average molecular weight is 424 g/mol. The second kappa shape index (κ2) is 9.78. The fraction of sp³-hybridized carbons (Fsp3) is 0.217. The molecule has 0 amide bonds. The van der Waals surface area contributed by atoms with Gasteiger partial charge < -0.3 is 23.5 Å². The Balaban J connectivity index is 2.07. The van der Waals surface area contributed by atoms with Crippen LogP contribution in [0.15, 0.2) is 48.8 Å². The van der Waals surface area contributed by atoms with Crippen molar-refractivity contribution in [1.29, 1.82) is 5.26 Å². The zero-order valence-electron chi connectivity index (χ0n) is 17.3. The summed E-state index contributed by atoms with van der Waals surface area (Å²) in [5, 5.41) is 9.58. The van der Waals surface area contributed by atoms with Crippen molar-refractivity contribution >= 4 is 5.97 Å². The van der Waals surface area contributed by atoms with Gasteiger partial charge in [0, 0.05) is 42.4 Å². The van der Waals surface area contributed by atoms with E-state index in [0.29, 0.717) is 17.0 Å². The molecule has 3 aromatic rings. The van der Waals surface area contributed by atoms with Crippen molar-refractivity contribution in [2.24, 2.45) is 0 Å². The molecule has 0 atom stereocenters. The summed E-state index contributed by atoms with van der Waals surface area (Å²) in [5.74, 6) is -0.262. The van der Waals surface area contributed by atoms with Crippen LogP contribution in [-0.2, 0) is 9.47 Å². The SMILES string of the molecule is CCOC(=O)c1ccc(-n2cc(C#N)c(-c3cc(OC)ccc3F)c2)cc1OCOC. The molecule has 0 radical (unpaired) electrons. The van der Waals surface area contributed by atoms with Crippen molar-refractivity contribution in [2.45, 2.75) is 6.92 Å². The first kappa shape index (κ1) is 21.9. The quantitative estimate of drug-likeness (QED) is 0.396. The maximum atomic E-state index is 14.5. The van der Waals surface area contributed by atoms with E-state index in [1.54, 1.807) is 42.1 Å². The molecule has 1 aromatic heterocycles. The van der Waals surface area contributed by atoms with Gasteiger partial charge in [-0.3, -0.25) is 0 Å². The second-order valence-corrected chi connectivity index (χ2v) is 6.40. The number of hydrogen-bond acceptors (Lipinski definition) is 6. The van der Waals surface area contributed by atoms with Crippen molar-refractivity contribution in [3.63, 3.8) is 0 Å². The first-order valence-corrected chi connectivity index (χ1v) is 9.41. The van der Waals surface area contributed by atoms with E-state index in [9.17, 15) is 14.4 Å². The number of aromatic nitrogens is 1. The Morgan fingerprint density at radius 1 is 1.13 bits per heavy atom. The first-order valence-electron chi connectivity index (χ1n) is 9.41. The molecular formula is C23H21FN2O5. The number of carbonyl (C=O) groups excluding carboxylic acids is 1. The van der Waals surface area contributed by atoms with Crippen molar-refractivity contribution in [1.82, 2.24) is 4.57 Å².